The normalized spacial score (nSPS) is 18.0. The first-order valence-corrected chi connectivity index (χ1v) is 4.28. The summed E-state index contributed by atoms with van der Waals surface area (Å²) in [5.74, 6) is -0.985. The zero-order valence-corrected chi connectivity index (χ0v) is 7.66. The Balaban J connectivity index is 2.40. The highest BCUT2D eigenvalue weighted by molar-refractivity contribution is 5.86. The molecular formula is C11H9FO2. The van der Waals surface area contributed by atoms with Crippen LogP contribution in [0.15, 0.2) is 24.3 Å². The van der Waals surface area contributed by atoms with E-state index in [2.05, 4.69) is 4.74 Å². The number of ether oxygens (including phenoxy) is 1. The predicted octanol–water partition coefficient (Wildman–Crippen LogP) is 2.11. The molecule has 3 heteroatoms. The Labute approximate surface area is 81.0 Å². The minimum atomic E-state index is -0.379. The molecule has 1 unspecified atom stereocenters. The lowest BCUT2D eigenvalue weighted by molar-refractivity contribution is -0.141. The van der Waals surface area contributed by atoms with Gasteiger partial charge >= 0.3 is 5.97 Å². The van der Waals surface area contributed by atoms with Gasteiger partial charge in [0.25, 0.3) is 0 Å². The third kappa shape index (κ3) is 1.31. The number of methoxy groups -OCH3 is 1. The van der Waals surface area contributed by atoms with Crippen LogP contribution in [0.5, 0.6) is 0 Å². The summed E-state index contributed by atoms with van der Waals surface area (Å²) in [6.45, 7) is 0. The Morgan fingerprint density at radius 2 is 2.29 bits per heavy atom. The van der Waals surface area contributed by atoms with E-state index in [0.717, 1.165) is 11.1 Å². The summed E-state index contributed by atoms with van der Waals surface area (Å²) in [4.78, 5) is 11.3. The summed E-state index contributed by atoms with van der Waals surface area (Å²) in [7, 11) is 1.34. The predicted molar refractivity (Wildman–Crippen MR) is 50.2 cm³/mol. The average Bonchev–Trinajstić information content (AvgIpc) is 2.59. The van der Waals surface area contributed by atoms with Gasteiger partial charge in [0.1, 0.15) is 11.7 Å². The average molecular weight is 192 g/mol. The number of rotatable bonds is 1. The molecule has 72 valence electrons. The number of carbonyl (C=O) groups is 1. The smallest absolute Gasteiger partial charge is 0.317 e. The summed E-state index contributed by atoms with van der Waals surface area (Å²) >= 11 is 0. The van der Waals surface area contributed by atoms with Gasteiger partial charge in [0.05, 0.1) is 7.11 Å². The summed E-state index contributed by atoms with van der Waals surface area (Å²) in [6, 6.07) is 4.38. The summed E-state index contributed by atoms with van der Waals surface area (Å²) < 4.78 is 17.5. The van der Waals surface area contributed by atoms with Gasteiger partial charge in [-0.3, -0.25) is 4.79 Å². The van der Waals surface area contributed by atoms with Gasteiger partial charge in [0.2, 0.25) is 0 Å². The van der Waals surface area contributed by atoms with Gasteiger partial charge in [0, 0.05) is 0 Å². The number of esters is 1. The van der Waals surface area contributed by atoms with Crippen LogP contribution in [0.25, 0.3) is 6.08 Å². The van der Waals surface area contributed by atoms with E-state index < -0.39 is 0 Å². The van der Waals surface area contributed by atoms with Crippen LogP contribution in [0, 0.1) is 5.82 Å². The van der Waals surface area contributed by atoms with Crippen LogP contribution in [0.4, 0.5) is 4.39 Å². The van der Waals surface area contributed by atoms with Gasteiger partial charge in [-0.05, 0) is 23.3 Å². The fourth-order valence-corrected chi connectivity index (χ4v) is 1.61. The zero-order valence-electron chi connectivity index (χ0n) is 7.66. The second-order valence-electron chi connectivity index (χ2n) is 3.13. The molecular weight excluding hydrogens is 183 g/mol. The molecule has 2 rings (SSSR count). The molecule has 0 saturated heterocycles. The highest BCUT2D eigenvalue weighted by Crippen LogP contribution is 2.31. The molecule has 2 nitrogen and oxygen atoms in total. The standard InChI is InChI=1S/C11H9FO2/c1-14-11(13)10-4-2-7-6-8(12)3-5-9(7)10/h2-6,10H,1H3. The van der Waals surface area contributed by atoms with Crippen molar-refractivity contribution in [1.29, 1.82) is 0 Å². The van der Waals surface area contributed by atoms with E-state index >= 15 is 0 Å². The van der Waals surface area contributed by atoms with Gasteiger partial charge in [-0.25, -0.2) is 4.39 Å². The van der Waals surface area contributed by atoms with Gasteiger partial charge < -0.3 is 4.74 Å². The zero-order chi connectivity index (χ0) is 10.1. The van der Waals surface area contributed by atoms with Crippen LogP contribution in [0.2, 0.25) is 0 Å². The van der Waals surface area contributed by atoms with E-state index in [1.54, 1.807) is 18.2 Å². The third-order valence-corrected chi connectivity index (χ3v) is 2.31. The second-order valence-corrected chi connectivity index (χ2v) is 3.13. The minimum Gasteiger partial charge on any atom is -0.468 e. The van der Waals surface area contributed by atoms with Crippen molar-refractivity contribution in [3.63, 3.8) is 0 Å². The molecule has 0 aromatic heterocycles. The summed E-state index contributed by atoms with van der Waals surface area (Å²) in [5, 5.41) is 0. The SMILES string of the molecule is COC(=O)C1C=Cc2cc(F)ccc21. The van der Waals surface area contributed by atoms with Crippen LogP contribution in [-0.4, -0.2) is 13.1 Å². The van der Waals surface area contributed by atoms with Gasteiger partial charge in [-0.1, -0.05) is 18.2 Å². The van der Waals surface area contributed by atoms with Crippen molar-refractivity contribution in [2.45, 2.75) is 5.92 Å². The third-order valence-electron chi connectivity index (χ3n) is 2.31. The van der Waals surface area contributed by atoms with Crippen LogP contribution in [-0.2, 0) is 9.53 Å². The summed E-state index contributed by atoms with van der Waals surface area (Å²) in [6.07, 6.45) is 3.45. The van der Waals surface area contributed by atoms with Crippen molar-refractivity contribution in [3.05, 3.63) is 41.2 Å². The van der Waals surface area contributed by atoms with Crippen molar-refractivity contribution in [1.82, 2.24) is 0 Å². The lowest BCUT2D eigenvalue weighted by Crippen LogP contribution is -2.10. The van der Waals surface area contributed by atoms with E-state index in [0.29, 0.717) is 0 Å². The quantitative estimate of drug-likeness (QED) is 0.637. The van der Waals surface area contributed by atoms with Crippen molar-refractivity contribution >= 4 is 12.0 Å². The maximum atomic E-state index is 12.8. The van der Waals surface area contributed by atoms with Crippen LogP contribution < -0.4 is 0 Å². The first-order chi connectivity index (χ1) is 6.72. The maximum absolute atomic E-state index is 12.8. The van der Waals surface area contributed by atoms with E-state index in [4.69, 9.17) is 0 Å². The van der Waals surface area contributed by atoms with E-state index in [1.165, 1.54) is 19.2 Å². The Hall–Kier alpha value is -1.64. The van der Waals surface area contributed by atoms with Gasteiger partial charge in [-0.15, -0.1) is 0 Å². The largest absolute Gasteiger partial charge is 0.468 e. The Morgan fingerprint density at radius 3 is 3.00 bits per heavy atom. The summed E-state index contributed by atoms with van der Waals surface area (Å²) in [5.41, 5.74) is 1.55. The molecule has 0 N–H and O–H groups in total. The Bertz CT molecular complexity index is 410. The van der Waals surface area contributed by atoms with E-state index in [1.807, 2.05) is 0 Å². The highest BCUT2D eigenvalue weighted by Gasteiger charge is 2.24. The van der Waals surface area contributed by atoms with Gasteiger partial charge in [-0.2, -0.15) is 0 Å². The van der Waals surface area contributed by atoms with Crippen molar-refractivity contribution < 1.29 is 13.9 Å². The number of carbonyl (C=O) groups excluding carboxylic acids is 1. The molecule has 1 atom stereocenters. The molecule has 1 aromatic carbocycles. The molecule has 0 amide bonds. The minimum absolute atomic E-state index is 0.293. The number of halogens is 1. The molecule has 0 aliphatic heterocycles. The van der Waals surface area contributed by atoms with Crippen LogP contribution >= 0.6 is 0 Å². The lowest BCUT2D eigenvalue weighted by atomic mass is 10.0. The highest BCUT2D eigenvalue weighted by atomic mass is 19.1. The molecule has 0 heterocycles. The molecule has 14 heavy (non-hydrogen) atoms. The number of hydrogen-bond acceptors (Lipinski definition) is 2. The number of hydrogen-bond donors (Lipinski definition) is 0. The molecule has 0 fully saturated rings. The molecule has 0 spiro atoms. The van der Waals surface area contributed by atoms with E-state index in [9.17, 15) is 9.18 Å². The van der Waals surface area contributed by atoms with Gasteiger partial charge in [0.15, 0.2) is 0 Å². The maximum Gasteiger partial charge on any atom is 0.317 e. The molecule has 1 aliphatic carbocycles. The van der Waals surface area contributed by atoms with Crippen molar-refractivity contribution in [3.8, 4) is 0 Å². The monoisotopic (exact) mass is 192 g/mol. The lowest BCUT2D eigenvalue weighted by Gasteiger charge is -2.07. The van der Waals surface area contributed by atoms with Crippen molar-refractivity contribution in [2.24, 2.45) is 0 Å². The first kappa shape index (κ1) is 8.94. The van der Waals surface area contributed by atoms with E-state index in [-0.39, 0.29) is 17.7 Å². The fourth-order valence-electron chi connectivity index (χ4n) is 1.61. The number of fused-ring (bicyclic) bond motifs is 1. The molecule has 1 aliphatic rings. The Morgan fingerprint density at radius 1 is 1.50 bits per heavy atom. The molecule has 1 aromatic rings. The second kappa shape index (κ2) is 3.25. The topological polar surface area (TPSA) is 26.3 Å². The number of benzene rings is 1. The van der Waals surface area contributed by atoms with Crippen LogP contribution in [0.1, 0.15) is 17.0 Å². The first-order valence-electron chi connectivity index (χ1n) is 4.28. The molecule has 0 radical (unpaired) electrons. The van der Waals surface area contributed by atoms with Crippen molar-refractivity contribution in [2.75, 3.05) is 7.11 Å². The molecule has 0 saturated carbocycles. The van der Waals surface area contributed by atoms with Crippen LogP contribution in [0.3, 0.4) is 0 Å². The fraction of sp³-hybridized carbons (Fsp3) is 0.182. The Kier molecular flexibility index (Phi) is 2.08. The molecule has 0 bridgehead atoms.